The fourth-order valence-corrected chi connectivity index (χ4v) is 2.31. The number of hydrogen-bond donors (Lipinski definition) is 2. The smallest absolute Gasteiger partial charge is 0.251 e. The zero-order valence-corrected chi connectivity index (χ0v) is 14.8. The van der Waals surface area contributed by atoms with Gasteiger partial charge in [-0.2, -0.15) is 0 Å². The van der Waals surface area contributed by atoms with Gasteiger partial charge in [0.1, 0.15) is 17.2 Å². The second-order valence-electron chi connectivity index (χ2n) is 5.58. The highest BCUT2D eigenvalue weighted by molar-refractivity contribution is 5.96. The molecule has 134 valence electrons. The molecule has 0 bridgehead atoms. The van der Waals surface area contributed by atoms with Crippen molar-refractivity contribution in [3.05, 3.63) is 47.5 Å². The number of carbonyl (C=O) groups excluding carboxylic acids is 1. The summed E-state index contributed by atoms with van der Waals surface area (Å²) in [6.07, 6.45) is 0.673. The molecule has 0 aliphatic carbocycles. The Balaban J connectivity index is 1.80. The molecule has 2 rings (SSSR count). The van der Waals surface area contributed by atoms with Gasteiger partial charge in [-0.3, -0.25) is 4.79 Å². The zero-order valence-electron chi connectivity index (χ0n) is 14.8. The Labute approximate surface area is 147 Å². The number of methoxy groups -OCH3 is 2. The predicted molar refractivity (Wildman–Crippen MR) is 97.6 cm³/mol. The fourth-order valence-electron chi connectivity index (χ4n) is 2.31. The molecule has 6 heteroatoms. The topological polar surface area (TPSA) is 82.8 Å². The number of nitrogen functional groups attached to an aromatic ring is 1. The van der Waals surface area contributed by atoms with Gasteiger partial charge < -0.3 is 25.3 Å². The van der Waals surface area contributed by atoms with E-state index in [1.165, 1.54) is 0 Å². The summed E-state index contributed by atoms with van der Waals surface area (Å²) < 4.78 is 16.1. The zero-order chi connectivity index (χ0) is 18.2. The van der Waals surface area contributed by atoms with Crippen molar-refractivity contribution < 1.29 is 19.0 Å². The van der Waals surface area contributed by atoms with Gasteiger partial charge in [-0.25, -0.2) is 0 Å². The summed E-state index contributed by atoms with van der Waals surface area (Å²) in [5.74, 6) is 1.86. The van der Waals surface area contributed by atoms with Crippen LogP contribution >= 0.6 is 0 Å². The molecular formula is C19H24N2O4. The molecule has 25 heavy (non-hydrogen) atoms. The first-order valence-electron chi connectivity index (χ1n) is 8.03. The fraction of sp³-hybridized carbons (Fsp3) is 0.316. The number of benzene rings is 2. The van der Waals surface area contributed by atoms with E-state index in [1.54, 1.807) is 44.6 Å². The Morgan fingerprint density at radius 2 is 1.68 bits per heavy atom. The lowest BCUT2D eigenvalue weighted by Gasteiger charge is -2.11. The summed E-state index contributed by atoms with van der Waals surface area (Å²) in [5.41, 5.74) is 7.80. The molecule has 0 unspecified atom stereocenters. The van der Waals surface area contributed by atoms with E-state index in [0.717, 1.165) is 5.56 Å². The third-order valence-corrected chi connectivity index (χ3v) is 3.71. The van der Waals surface area contributed by atoms with Gasteiger partial charge in [0.25, 0.3) is 5.91 Å². The van der Waals surface area contributed by atoms with Gasteiger partial charge >= 0.3 is 0 Å². The van der Waals surface area contributed by atoms with Crippen molar-refractivity contribution in [3.63, 3.8) is 0 Å². The first kappa shape index (κ1) is 18.4. The monoisotopic (exact) mass is 344 g/mol. The minimum absolute atomic E-state index is 0.132. The van der Waals surface area contributed by atoms with Gasteiger partial charge in [0.05, 0.1) is 20.8 Å². The molecule has 2 aromatic carbocycles. The third-order valence-electron chi connectivity index (χ3n) is 3.71. The Bertz CT molecular complexity index is 709. The van der Waals surface area contributed by atoms with Crippen molar-refractivity contribution in [1.82, 2.24) is 5.32 Å². The van der Waals surface area contributed by atoms with Gasteiger partial charge in [-0.05, 0) is 31.0 Å². The molecule has 0 fully saturated rings. The number of rotatable bonds is 8. The van der Waals surface area contributed by atoms with Crippen molar-refractivity contribution in [2.24, 2.45) is 0 Å². The van der Waals surface area contributed by atoms with Crippen LogP contribution in [0, 0.1) is 6.92 Å². The number of nitrogens with two attached hydrogens (primary N) is 1. The number of nitrogens with one attached hydrogen (secondary N) is 1. The van der Waals surface area contributed by atoms with E-state index in [4.69, 9.17) is 19.9 Å². The van der Waals surface area contributed by atoms with E-state index in [1.807, 2.05) is 13.0 Å². The minimum Gasteiger partial charge on any atom is -0.496 e. The summed E-state index contributed by atoms with van der Waals surface area (Å²) >= 11 is 0. The molecule has 0 spiro atoms. The van der Waals surface area contributed by atoms with Crippen LogP contribution in [0.1, 0.15) is 22.3 Å². The Hall–Kier alpha value is -2.89. The number of carbonyl (C=O) groups is 1. The lowest BCUT2D eigenvalue weighted by Crippen LogP contribution is -2.26. The van der Waals surface area contributed by atoms with Crippen LogP contribution in [0.3, 0.4) is 0 Å². The number of anilines is 1. The van der Waals surface area contributed by atoms with Crippen molar-refractivity contribution in [2.45, 2.75) is 13.3 Å². The van der Waals surface area contributed by atoms with Gasteiger partial charge in [0.2, 0.25) is 0 Å². The number of aryl methyl sites for hydroxylation is 1. The van der Waals surface area contributed by atoms with Crippen LogP contribution in [0.25, 0.3) is 0 Å². The summed E-state index contributed by atoms with van der Waals surface area (Å²) in [7, 11) is 3.18. The molecule has 0 heterocycles. The van der Waals surface area contributed by atoms with Gasteiger partial charge in [0.15, 0.2) is 0 Å². The molecule has 0 atom stereocenters. The lowest BCUT2D eigenvalue weighted by molar-refractivity contribution is 0.0951. The van der Waals surface area contributed by atoms with Crippen molar-refractivity contribution in [3.8, 4) is 17.2 Å². The molecule has 2 aromatic rings. The van der Waals surface area contributed by atoms with Crippen molar-refractivity contribution >= 4 is 11.6 Å². The molecule has 0 saturated carbocycles. The maximum atomic E-state index is 12.2. The number of amides is 1. The summed E-state index contributed by atoms with van der Waals surface area (Å²) in [6.45, 7) is 2.86. The van der Waals surface area contributed by atoms with E-state index in [-0.39, 0.29) is 5.91 Å². The SMILES string of the molecule is COc1cc(OC)cc(OCCCNC(=O)c2cc(N)ccc2C)c1. The standard InChI is InChI=1S/C19H24N2O4/c1-13-5-6-14(20)9-18(13)19(22)21-7-4-8-25-17-11-15(23-2)10-16(12-17)24-3/h5-6,9-12H,4,7-8,20H2,1-3H3,(H,21,22). The molecule has 3 N–H and O–H groups in total. The predicted octanol–water partition coefficient (Wildman–Crippen LogP) is 2.79. The summed E-state index contributed by atoms with van der Waals surface area (Å²) in [4.78, 5) is 12.2. The summed E-state index contributed by atoms with van der Waals surface area (Å²) in [5, 5.41) is 2.87. The maximum Gasteiger partial charge on any atom is 0.251 e. The molecular weight excluding hydrogens is 320 g/mol. The third kappa shape index (κ3) is 5.31. The first-order chi connectivity index (χ1) is 12.0. The molecule has 0 aromatic heterocycles. The second kappa shape index (κ2) is 8.82. The molecule has 6 nitrogen and oxygen atoms in total. The van der Waals surface area contributed by atoms with Crippen LogP contribution in [0.5, 0.6) is 17.2 Å². The highest BCUT2D eigenvalue weighted by atomic mass is 16.5. The van der Waals surface area contributed by atoms with Crippen LogP contribution in [-0.4, -0.2) is 33.3 Å². The Morgan fingerprint density at radius 3 is 2.32 bits per heavy atom. The maximum absolute atomic E-state index is 12.2. The van der Waals surface area contributed by atoms with Gasteiger partial charge in [-0.15, -0.1) is 0 Å². The van der Waals surface area contributed by atoms with Crippen molar-refractivity contribution in [1.29, 1.82) is 0 Å². The van der Waals surface area contributed by atoms with E-state index in [9.17, 15) is 4.79 Å². The van der Waals surface area contributed by atoms with Crippen molar-refractivity contribution in [2.75, 3.05) is 33.1 Å². The quantitative estimate of drug-likeness (QED) is 0.568. The number of hydrogen-bond acceptors (Lipinski definition) is 5. The molecule has 1 amide bonds. The van der Waals surface area contributed by atoms with E-state index in [2.05, 4.69) is 5.32 Å². The Morgan fingerprint density at radius 1 is 1.04 bits per heavy atom. The number of ether oxygens (including phenoxy) is 3. The average Bonchev–Trinajstić information content (AvgIpc) is 2.62. The molecule has 0 aliphatic rings. The molecule has 0 saturated heterocycles. The Kier molecular flexibility index (Phi) is 6.51. The second-order valence-corrected chi connectivity index (χ2v) is 5.58. The van der Waals surface area contributed by atoms with Gasteiger partial charge in [-0.1, -0.05) is 6.07 Å². The van der Waals surface area contributed by atoms with E-state index < -0.39 is 0 Å². The molecule has 0 radical (unpaired) electrons. The van der Waals surface area contributed by atoms with Crippen LogP contribution in [0.15, 0.2) is 36.4 Å². The first-order valence-corrected chi connectivity index (χ1v) is 8.03. The largest absolute Gasteiger partial charge is 0.496 e. The van der Waals surface area contributed by atoms with E-state index >= 15 is 0 Å². The normalized spacial score (nSPS) is 10.2. The van der Waals surface area contributed by atoms with Crippen LogP contribution < -0.4 is 25.3 Å². The average molecular weight is 344 g/mol. The van der Waals surface area contributed by atoms with Crippen LogP contribution in [-0.2, 0) is 0 Å². The summed E-state index contributed by atoms with van der Waals surface area (Å²) in [6, 6.07) is 10.7. The van der Waals surface area contributed by atoms with E-state index in [0.29, 0.717) is 48.1 Å². The van der Waals surface area contributed by atoms with Crippen LogP contribution in [0.4, 0.5) is 5.69 Å². The van der Waals surface area contributed by atoms with Crippen LogP contribution in [0.2, 0.25) is 0 Å². The minimum atomic E-state index is -0.132. The molecule has 0 aliphatic heterocycles. The highest BCUT2D eigenvalue weighted by Crippen LogP contribution is 2.27. The highest BCUT2D eigenvalue weighted by Gasteiger charge is 2.09. The lowest BCUT2D eigenvalue weighted by atomic mass is 10.1. The van der Waals surface area contributed by atoms with Gasteiger partial charge in [0, 0.05) is 36.0 Å².